The number of ether oxygens (including phenoxy) is 2. The van der Waals surface area contributed by atoms with Crippen molar-refractivity contribution in [3.63, 3.8) is 0 Å². The number of nitrogens with two attached hydrogens (primary N) is 1. The highest BCUT2D eigenvalue weighted by Crippen LogP contribution is 2.34. The number of benzene rings is 3. The standard InChI is InChI=1S/C22H20N2O4/c1-27-19-12-17(21(23)25)18(13-20(19)28-2)24-22(26)16-11-7-6-10-15(16)14-8-4-3-5-9-14/h3-13H,1-2H3,(H2,23,25)(H,24,26). The van der Waals surface area contributed by atoms with Crippen LogP contribution in [0.25, 0.3) is 11.1 Å². The SMILES string of the molecule is COc1cc(NC(=O)c2ccccc2-c2ccccc2)c(C(N)=O)cc1OC. The topological polar surface area (TPSA) is 90.6 Å². The average molecular weight is 376 g/mol. The van der Waals surface area contributed by atoms with Gasteiger partial charge in [0.05, 0.1) is 25.5 Å². The van der Waals surface area contributed by atoms with Crippen LogP contribution in [0.2, 0.25) is 0 Å². The van der Waals surface area contributed by atoms with E-state index in [0.29, 0.717) is 17.1 Å². The number of carbonyl (C=O) groups is 2. The zero-order valence-electron chi connectivity index (χ0n) is 15.6. The number of hydrogen-bond acceptors (Lipinski definition) is 4. The predicted octanol–water partition coefficient (Wildman–Crippen LogP) is 3.72. The lowest BCUT2D eigenvalue weighted by atomic mass is 9.99. The van der Waals surface area contributed by atoms with Crippen LogP contribution in [0.5, 0.6) is 11.5 Å². The third-order valence-electron chi connectivity index (χ3n) is 4.29. The van der Waals surface area contributed by atoms with Gasteiger partial charge in [-0.25, -0.2) is 0 Å². The van der Waals surface area contributed by atoms with Gasteiger partial charge in [0.2, 0.25) is 0 Å². The molecule has 6 heteroatoms. The molecule has 0 unspecified atom stereocenters. The fourth-order valence-corrected chi connectivity index (χ4v) is 2.93. The van der Waals surface area contributed by atoms with E-state index in [1.165, 1.54) is 26.4 Å². The van der Waals surface area contributed by atoms with E-state index in [1.54, 1.807) is 12.1 Å². The summed E-state index contributed by atoms with van der Waals surface area (Å²) in [5.74, 6) is -0.333. The first-order chi connectivity index (χ1) is 13.5. The maximum atomic E-state index is 13.0. The van der Waals surface area contributed by atoms with Crippen LogP contribution in [-0.2, 0) is 0 Å². The number of rotatable bonds is 6. The number of nitrogens with one attached hydrogen (secondary N) is 1. The molecule has 2 amide bonds. The van der Waals surface area contributed by atoms with Gasteiger partial charge in [0.25, 0.3) is 11.8 Å². The van der Waals surface area contributed by atoms with E-state index in [2.05, 4.69) is 5.32 Å². The van der Waals surface area contributed by atoms with Crippen LogP contribution in [0.1, 0.15) is 20.7 Å². The molecule has 0 bridgehead atoms. The van der Waals surface area contributed by atoms with Crippen molar-refractivity contribution >= 4 is 17.5 Å². The Bertz CT molecular complexity index is 1020. The van der Waals surface area contributed by atoms with E-state index >= 15 is 0 Å². The molecule has 3 aromatic carbocycles. The third-order valence-corrected chi connectivity index (χ3v) is 4.29. The number of anilines is 1. The molecule has 0 aliphatic rings. The summed E-state index contributed by atoms with van der Waals surface area (Å²) in [6, 6.07) is 19.8. The second-order valence-electron chi connectivity index (χ2n) is 5.98. The van der Waals surface area contributed by atoms with E-state index in [-0.39, 0.29) is 17.2 Å². The second kappa shape index (κ2) is 8.26. The van der Waals surface area contributed by atoms with Gasteiger partial charge in [0, 0.05) is 11.6 Å². The number of primary amides is 1. The second-order valence-corrected chi connectivity index (χ2v) is 5.98. The normalized spacial score (nSPS) is 10.2. The van der Waals surface area contributed by atoms with E-state index in [9.17, 15) is 9.59 Å². The summed E-state index contributed by atoms with van der Waals surface area (Å²) in [6.07, 6.45) is 0. The van der Waals surface area contributed by atoms with Gasteiger partial charge in [-0.3, -0.25) is 9.59 Å². The lowest BCUT2D eigenvalue weighted by Gasteiger charge is -2.15. The predicted molar refractivity (Wildman–Crippen MR) is 108 cm³/mol. The van der Waals surface area contributed by atoms with Gasteiger partial charge < -0.3 is 20.5 Å². The van der Waals surface area contributed by atoms with E-state index in [1.807, 2.05) is 42.5 Å². The van der Waals surface area contributed by atoms with Gasteiger partial charge in [-0.1, -0.05) is 48.5 Å². The van der Waals surface area contributed by atoms with Gasteiger partial charge in [-0.05, 0) is 23.3 Å². The molecular formula is C22H20N2O4. The minimum Gasteiger partial charge on any atom is -0.493 e. The first-order valence-electron chi connectivity index (χ1n) is 8.56. The Balaban J connectivity index is 2.02. The van der Waals surface area contributed by atoms with E-state index in [4.69, 9.17) is 15.2 Å². The summed E-state index contributed by atoms with van der Waals surface area (Å²) >= 11 is 0. The van der Waals surface area contributed by atoms with Crippen molar-refractivity contribution in [2.75, 3.05) is 19.5 Å². The maximum Gasteiger partial charge on any atom is 0.256 e. The van der Waals surface area contributed by atoms with Crippen molar-refractivity contribution in [1.29, 1.82) is 0 Å². The molecule has 0 aromatic heterocycles. The van der Waals surface area contributed by atoms with Crippen LogP contribution >= 0.6 is 0 Å². The molecule has 6 nitrogen and oxygen atoms in total. The van der Waals surface area contributed by atoms with Crippen LogP contribution < -0.4 is 20.5 Å². The lowest BCUT2D eigenvalue weighted by molar-refractivity contribution is 0.100. The van der Waals surface area contributed by atoms with Crippen LogP contribution in [0.4, 0.5) is 5.69 Å². The van der Waals surface area contributed by atoms with Crippen LogP contribution in [-0.4, -0.2) is 26.0 Å². The number of hydrogen-bond donors (Lipinski definition) is 2. The average Bonchev–Trinajstić information content (AvgIpc) is 2.73. The molecule has 3 N–H and O–H groups in total. The molecule has 0 atom stereocenters. The van der Waals surface area contributed by atoms with E-state index in [0.717, 1.165) is 11.1 Å². The monoisotopic (exact) mass is 376 g/mol. The minimum atomic E-state index is -0.687. The van der Waals surface area contributed by atoms with Gasteiger partial charge in [0.1, 0.15) is 0 Å². The highest BCUT2D eigenvalue weighted by Gasteiger charge is 2.19. The number of carbonyl (C=O) groups excluding carboxylic acids is 2. The van der Waals surface area contributed by atoms with Crippen LogP contribution in [0.15, 0.2) is 66.7 Å². The molecule has 142 valence electrons. The molecule has 0 saturated heterocycles. The molecule has 3 aromatic rings. The van der Waals surface area contributed by atoms with Crippen LogP contribution in [0.3, 0.4) is 0 Å². The Kier molecular flexibility index (Phi) is 5.60. The highest BCUT2D eigenvalue weighted by atomic mass is 16.5. The van der Waals surface area contributed by atoms with E-state index < -0.39 is 5.91 Å². The number of amides is 2. The Morgan fingerprint density at radius 2 is 1.43 bits per heavy atom. The molecule has 0 aliphatic heterocycles. The fraction of sp³-hybridized carbons (Fsp3) is 0.0909. The first-order valence-corrected chi connectivity index (χ1v) is 8.56. The fourth-order valence-electron chi connectivity index (χ4n) is 2.93. The summed E-state index contributed by atoms with van der Waals surface area (Å²) in [5, 5.41) is 2.77. The summed E-state index contributed by atoms with van der Waals surface area (Å²) in [6.45, 7) is 0. The van der Waals surface area contributed by atoms with Gasteiger partial charge in [-0.15, -0.1) is 0 Å². The molecule has 3 rings (SSSR count). The minimum absolute atomic E-state index is 0.128. The van der Waals surface area contributed by atoms with Crippen LogP contribution in [0, 0.1) is 0 Å². The Hall–Kier alpha value is -3.80. The van der Waals surface area contributed by atoms with Crippen molar-refractivity contribution < 1.29 is 19.1 Å². The highest BCUT2D eigenvalue weighted by molar-refractivity contribution is 6.12. The molecule has 0 aliphatic carbocycles. The van der Waals surface area contributed by atoms with Crippen molar-refractivity contribution in [2.24, 2.45) is 5.73 Å². The first kappa shape index (κ1) is 19.0. The largest absolute Gasteiger partial charge is 0.493 e. The molecule has 28 heavy (non-hydrogen) atoms. The van der Waals surface area contributed by atoms with Crippen molar-refractivity contribution in [2.45, 2.75) is 0 Å². The summed E-state index contributed by atoms with van der Waals surface area (Å²) in [5.41, 5.74) is 8.02. The quantitative estimate of drug-likeness (QED) is 0.686. The zero-order valence-corrected chi connectivity index (χ0v) is 15.6. The van der Waals surface area contributed by atoms with Gasteiger partial charge in [-0.2, -0.15) is 0 Å². The molecule has 0 saturated carbocycles. The Labute approximate surface area is 162 Å². The molecule has 0 spiro atoms. The molecule has 0 radical (unpaired) electrons. The molecular weight excluding hydrogens is 356 g/mol. The van der Waals surface area contributed by atoms with Gasteiger partial charge >= 0.3 is 0 Å². The van der Waals surface area contributed by atoms with Crippen molar-refractivity contribution in [3.8, 4) is 22.6 Å². The molecule has 0 fully saturated rings. The Morgan fingerprint density at radius 1 is 0.821 bits per heavy atom. The van der Waals surface area contributed by atoms with Crippen molar-refractivity contribution in [1.82, 2.24) is 0 Å². The maximum absolute atomic E-state index is 13.0. The summed E-state index contributed by atoms with van der Waals surface area (Å²) < 4.78 is 10.5. The van der Waals surface area contributed by atoms with Crippen molar-refractivity contribution in [3.05, 3.63) is 77.9 Å². The smallest absolute Gasteiger partial charge is 0.256 e. The third kappa shape index (κ3) is 3.81. The summed E-state index contributed by atoms with van der Waals surface area (Å²) in [7, 11) is 2.93. The lowest BCUT2D eigenvalue weighted by Crippen LogP contribution is -2.19. The molecule has 0 heterocycles. The Morgan fingerprint density at radius 3 is 2.07 bits per heavy atom. The zero-order chi connectivity index (χ0) is 20.1. The van der Waals surface area contributed by atoms with Gasteiger partial charge in [0.15, 0.2) is 11.5 Å². The summed E-state index contributed by atoms with van der Waals surface area (Å²) in [4.78, 5) is 24.9. The number of methoxy groups -OCH3 is 2.